The number of ether oxygens (including phenoxy) is 2. The van der Waals surface area contributed by atoms with Crippen molar-refractivity contribution in [1.29, 1.82) is 5.26 Å². The third-order valence-electron chi connectivity index (χ3n) is 3.59. The van der Waals surface area contributed by atoms with Crippen molar-refractivity contribution in [2.45, 2.75) is 6.42 Å². The molecule has 0 aliphatic carbocycles. The molecule has 0 atom stereocenters. The molecule has 2 rings (SSSR count). The van der Waals surface area contributed by atoms with E-state index >= 15 is 0 Å². The van der Waals surface area contributed by atoms with Crippen molar-refractivity contribution in [3.05, 3.63) is 76.3 Å². The number of primary amides is 1. The van der Waals surface area contributed by atoms with Gasteiger partial charge in [-0.05, 0) is 42.3 Å². The molecule has 0 bridgehead atoms. The van der Waals surface area contributed by atoms with Gasteiger partial charge in [0.25, 0.3) is 5.91 Å². The zero-order chi connectivity index (χ0) is 19.6. The van der Waals surface area contributed by atoms with Crippen LogP contribution in [0.25, 0.3) is 6.08 Å². The fourth-order valence-corrected chi connectivity index (χ4v) is 2.73. The van der Waals surface area contributed by atoms with E-state index in [-0.39, 0.29) is 5.57 Å². The summed E-state index contributed by atoms with van der Waals surface area (Å²) < 4.78 is 12.3. The molecule has 0 spiro atoms. The molecular weight excluding hydrogens is 408 g/mol. The Morgan fingerprint density at radius 2 is 1.89 bits per heavy atom. The number of allylic oxidation sites excluding steroid dienone is 1. The number of halogens is 1. The highest BCUT2D eigenvalue weighted by Gasteiger charge is 2.09. The molecule has 5 nitrogen and oxygen atoms in total. The van der Waals surface area contributed by atoms with Crippen molar-refractivity contribution in [2.24, 2.45) is 5.73 Å². The number of nitrogens with two attached hydrogens (primary N) is 1. The standard InChI is InChI=1S/C21H19BrN2O3/c1-2-5-15-6-3-4-7-19(15)26-10-11-27-20-9-8-18(22)13-16(20)12-17(14-23)21(24)25/h2-4,6-9,12-13H,1,5,10-11H2,(H2,24,25)/b17-12-. The predicted octanol–water partition coefficient (Wildman–Crippen LogP) is 4.03. The SMILES string of the molecule is C=CCc1ccccc1OCCOc1ccc(Br)cc1/C=C(/C#N)C(N)=O. The third kappa shape index (κ3) is 6.01. The Balaban J connectivity index is 2.06. The fraction of sp³-hybridized carbons (Fsp3) is 0.143. The molecule has 0 heterocycles. The van der Waals surface area contributed by atoms with Gasteiger partial charge in [0.2, 0.25) is 0 Å². The van der Waals surface area contributed by atoms with Crippen molar-refractivity contribution in [2.75, 3.05) is 13.2 Å². The Morgan fingerprint density at radius 1 is 1.19 bits per heavy atom. The Morgan fingerprint density at radius 3 is 2.56 bits per heavy atom. The second-order valence-corrected chi connectivity index (χ2v) is 6.43. The molecule has 0 unspecified atom stereocenters. The van der Waals surface area contributed by atoms with Crippen molar-refractivity contribution in [1.82, 2.24) is 0 Å². The highest BCUT2D eigenvalue weighted by Crippen LogP contribution is 2.26. The molecule has 0 radical (unpaired) electrons. The van der Waals surface area contributed by atoms with E-state index in [4.69, 9.17) is 20.5 Å². The van der Waals surface area contributed by atoms with E-state index in [0.717, 1.165) is 22.2 Å². The summed E-state index contributed by atoms with van der Waals surface area (Å²) >= 11 is 3.36. The van der Waals surface area contributed by atoms with Crippen LogP contribution in [0.3, 0.4) is 0 Å². The number of hydrogen-bond donors (Lipinski definition) is 1. The quantitative estimate of drug-likeness (QED) is 0.284. The summed E-state index contributed by atoms with van der Waals surface area (Å²) in [5, 5.41) is 9.03. The monoisotopic (exact) mass is 426 g/mol. The Kier molecular flexibility index (Phi) is 7.65. The van der Waals surface area contributed by atoms with Gasteiger partial charge in [0.1, 0.15) is 36.4 Å². The molecule has 0 aromatic heterocycles. The summed E-state index contributed by atoms with van der Waals surface area (Å²) in [6.07, 6.45) is 3.95. The van der Waals surface area contributed by atoms with Crippen LogP contribution in [0.4, 0.5) is 0 Å². The van der Waals surface area contributed by atoms with Gasteiger partial charge in [0, 0.05) is 10.0 Å². The van der Waals surface area contributed by atoms with Gasteiger partial charge < -0.3 is 15.2 Å². The first-order chi connectivity index (χ1) is 13.0. The summed E-state index contributed by atoms with van der Waals surface area (Å²) in [6, 6.07) is 14.8. The number of rotatable bonds is 9. The topological polar surface area (TPSA) is 85.3 Å². The van der Waals surface area contributed by atoms with Crippen LogP contribution in [0, 0.1) is 11.3 Å². The molecule has 2 aromatic carbocycles. The molecule has 2 aromatic rings. The zero-order valence-electron chi connectivity index (χ0n) is 14.7. The number of para-hydroxylation sites is 1. The maximum Gasteiger partial charge on any atom is 0.259 e. The van der Waals surface area contributed by atoms with Gasteiger partial charge in [0.05, 0.1) is 0 Å². The normalized spacial score (nSPS) is 10.7. The summed E-state index contributed by atoms with van der Waals surface area (Å²) in [5.74, 6) is 0.526. The second-order valence-electron chi connectivity index (χ2n) is 5.51. The average Bonchev–Trinajstić information content (AvgIpc) is 2.65. The minimum atomic E-state index is -0.786. The smallest absolute Gasteiger partial charge is 0.259 e. The number of hydrogen-bond acceptors (Lipinski definition) is 4. The largest absolute Gasteiger partial charge is 0.490 e. The van der Waals surface area contributed by atoms with Gasteiger partial charge in [-0.25, -0.2) is 0 Å². The highest BCUT2D eigenvalue weighted by molar-refractivity contribution is 9.10. The minimum absolute atomic E-state index is 0.146. The van der Waals surface area contributed by atoms with Crippen LogP contribution in [0.5, 0.6) is 11.5 Å². The number of benzene rings is 2. The van der Waals surface area contributed by atoms with Crippen molar-refractivity contribution in [3.8, 4) is 17.6 Å². The lowest BCUT2D eigenvalue weighted by Crippen LogP contribution is -2.13. The molecule has 1 amide bonds. The molecule has 0 fully saturated rings. The number of carbonyl (C=O) groups is 1. The van der Waals surface area contributed by atoms with Gasteiger partial charge in [0.15, 0.2) is 0 Å². The van der Waals surface area contributed by atoms with Crippen LogP contribution in [0.1, 0.15) is 11.1 Å². The van der Waals surface area contributed by atoms with E-state index in [1.807, 2.05) is 36.4 Å². The molecule has 0 saturated heterocycles. The third-order valence-corrected chi connectivity index (χ3v) is 4.09. The molecule has 0 aliphatic rings. The first-order valence-electron chi connectivity index (χ1n) is 8.20. The van der Waals surface area contributed by atoms with Crippen LogP contribution in [-0.4, -0.2) is 19.1 Å². The van der Waals surface area contributed by atoms with Crippen molar-refractivity contribution < 1.29 is 14.3 Å². The van der Waals surface area contributed by atoms with Crippen LogP contribution in [-0.2, 0) is 11.2 Å². The lowest BCUT2D eigenvalue weighted by atomic mass is 10.1. The summed E-state index contributed by atoms with van der Waals surface area (Å²) in [5.41, 5.74) is 6.68. The number of carbonyl (C=O) groups excluding carboxylic acids is 1. The van der Waals surface area contributed by atoms with Gasteiger partial charge in [-0.15, -0.1) is 6.58 Å². The van der Waals surface area contributed by atoms with E-state index in [2.05, 4.69) is 22.5 Å². The van der Waals surface area contributed by atoms with Crippen LogP contribution in [0.2, 0.25) is 0 Å². The lowest BCUT2D eigenvalue weighted by Gasteiger charge is -2.13. The van der Waals surface area contributed by atoms with Crippen molar-refractivity contribution in [3.63, 3.8) is 0 Å². The molecule has 6 heteroatoms. The Hall–Kier alpha value is -3.04. The van der Waals surface area contributed by atoms with Gasteiger partial charge in [-0.1, -0.05) is 40.2 Å². The molecule has 0 saturated carbocycles. The summed E-state index contributed by atoms with van der Waals surface area (Å²) in [4.78, 5) is 11.3. The van der Waals surface area contributed by atoms with E-state index in [0.29, 0.717) is 24.5 Å². The van der Waals surface area contributed by atoms with Gasteiger partial charge in [-0.2, -0.15) is 5.26 Å². The number of amides is 1. The maximum atomic E-state index is 11.3. The molecule has 2 N–H and O–H groups in total. The van der Waals surface area contributed by atoms with Crippen LogP contribution in [0.15, 0.2) is 65.2 Å². The number of nitrogens with zero attached hydrogens (tertiary/aromatic N) is 1. The summed E-state index contributed by atoms with van der Waals surface area (Å²) in [7, 11) is 0. The molecule has 138 valence electrons. The van der Waals surface area contributed by atoms with E-state index in [1.165, 1.54) is 6.08 Å². The predicted molar refractivity (Wildman–Crippen MR) is 108 cm³/mol. The highest BCUT2D eigenvalue weighted by atomic mass is 79.9. The Labute approximate surface area is 166 Å². The Bertz CT molecular complexity index is 901. The van der Waals surface area contributed by atoms with E-state index < -0.39 is 5.91 Å². The van der Waals surface area contributed by atoms with E-state index in [1.54, 1.807) is 18.2 Å². The average molecular weight is 427 g/mol. The molecule has 0 aliphatic heterocycles. The molecule has 27 heavy (non-hydrogen) atoms. The maximum absolute atomic E-state index is 11.3. The van der Waals surface area contributed by atoms with Crippen LogP contribution >= 0.6 is 15.9 Å². The minimum Gasteiger partial charge on any atom is -0.490 e. The first-order valence-corrected chi connectivity index (χ1v) is 9.00. The van der Waals surface area contributed by atoms with E-state index in [9.17, 15) is 4.79 Å². The zero-order valence-corrected chi connectivity index (χ0v) is 16.2. The summed E-state index contributed by atoms with van der Waals surface area (Å²) in [6.45, 7) is 4.38. The fourth-order valence-electron chi connectivity index (χ4n) is 2.35. The first kappa shape index (κ1) is 20.3. The van der Waals surface area contributed by atoms with Crippen molar-refractivity contribution >= 4 is 27.9 Å². The van der Waals surface area contributed by atoms with Gasteiger partial charge >= 0.3 is 0 Å². The molecular formula is C21H19BrN2O3. The number of nitriles is 1. The lowest BCUT2D eigenvalue weighted by molar-refractivity contribution is -0.114. The van der Waals surface area contributed by atoms with Crippen LogP contribution < -0.4 is 15.2 Å². The second kappa shape index (κ2) is 10.2. The van der Waals surface area contributed by atoms with Gasteiger partial charge in [-0.3, -0.25) is 4.79 Å².